The number of rotatable bonds is 7. The summed E-state index contributed by atoms with van der Waals surface area (Å²) in [4.78, 5) is 43.9. The largest absolute Gasteiger partial charge is 0.501 e. The highest BCUT2D eigenvalue weighted by Crippen LogP contribution is 2.23. The van der Waals surface area contributed by atoms with Crippen LogP contribution in [0.4, 0.5) is 10.5 Å². The lowest BCUT2D eigenvalue weighted by Gasteiger charge is -2.11. The smallest absolute Gasteiger partial charge is 0.319 e. The van der Waals surface area contributed by atoms with Crippen LogP contribution in [0.2, 0.25) is 10.0 Å². The van der Waals surface area contributed by atoms with E-state index in [9.17, 15) is 19.5 Å². The molecular formula is C26H21Cl2N5O4. The standard InChI is InChI=1S/C26H21Cl2N5O4/c27-19-10-9-16(11-20(19)28)14-30-26(37)31-18-8-4-7-17(12-18)23-32-21(22(34)25(36)33-23)24(35)29-13-15-5-2-1-3-6-15/h1-12,34H,13-14H2,(H,29,35)(H2,30,31,37)(H,32,33,36). The zero-order valence-corrected chi connectivity index (χ0v) is 20.7. The third-order valence-electron chi connectivity index (χ3n) is 5.24. The number of urea groups is 1. The van der Waals surface area contributed by atoms with E-state index in [1.165, 1.54) is 0 Å². The highest BCUT2D eigenvalue weighted by atomic mass is 35.5. The number of aromatic nitrogens is 2. The van der Waals surface area contributed by atoms with Crippen molar-refractivity contribution in [2.45, 2.75) is 13.1 Å². The fourth-order valence-corrected chi connectivity index (χ4v) is 3.70. The Kier molecular flexibility index (Phi) is 8.07. The molecule has 5 N–H and O–H groups in total. The van der Waals surface area contributed by atoms with Crippen molar-refractivity contribution >= 4 is 40.8 Å². The van der Waals surface area contributed by atoms with E-state index in [-0.39, 0.29) is 18.9 Å². The summed E-state index contributed by atoms with van der Waals surface area (Å²) < 4.78 is 0. The third kappa shape index (κ3) is 6.66. The summed E-state index contributed by atoms with van der Waals surface area (Å²) in [6.45, 7) is 0.413. The Bertz CT molecular complexity index is 1510. The van der Waals surface area contributed by atoms with Crippen LogP contribution >= 0.6 is 23.2 Å². The third-order valence-corrected chi connectivity index (χ3v) is 5.98. The molecule has 1 aromatic heterocycles. The van der Waals surface area contributed by atoms with Crippen molar-refractivity contribution in [2.24, 2.45) is 0 Å². The maximum atomic E-state index is 12.6. The average Bonchev–Trinajstić information content (AvgIpc) is 2.90. The summed E-state index contributed by atoms with van der Waals surface area (Å²) in [5.41, 5.74) is 1.16. The fourth-order valence-electron chi connectivity index (χ4n) is 3.38. The van der Waals surface area contributed by atoms with Crippen LogP contribution in [-0.4, -0.2) is 27.0 Å². The summed E-state index contributed by atoms with van der Waals surface area (Å²) in [6.07, 6.45) is 0. The minimum Gasteiger partial charge on any atom is -0.501 e. The molecule has 0 saturated carbocycles. The molecule has 4 aromatic rings. The maximum Gasteiger partial charge on any atom is 0.319 e. The lowest BCUT2D eigenvalue weighted by Crippen LogP contribution is -2.28. The highest BCUT2D eigenvalue weighted by Gasteiger charge is 2.18. The van der Waals surface area contributed by atoms with Crippen molar-refractivity contribution in [1.82, 2.24) is 20.6 Å². The van der Waals surface area contributed by atoms with Gasteiger partial charge in [-0.25, -0.2) is 9.78 Å². The SMILES string of the molecule is O=C(NCc1ccc(Cl)c(Cl)c1)Nc1cccc(-c2nc(C(=O)NCc3ccccc3)c(O)c(=O)[nH]2)c1. The molecule has 0 unspecified atom stereocenters. The predicted molar refractivity (Wildman–Crippen MR) is 142 cm³/mol. The van der Waals surface area contributed by atoms with E-state index in [2.05, 4.69) is 25.9 Å². The molecule has 3 amide bonds. The summed E-state index contributed by atoms with van der Waals surface area (Å²) in [5.74, 6) is -1.44. The van der Waals surface area contributed by atoms with Gasteiger partial charge < -0.3 is 26.0 Å². The number of carbonyl (C=O) groups is 2. The first-order chi connectivity index (χ1) is 17.8. The number of nitrogens with one attached hydrogen (secondary N) is 4. The van der Waals surface area contributed by atoms with Crippen molar-refractivity contribution in [3.8, 4) is 17.1 Å². The van der Waals surface area contributed by atoms with E-state index in [0.29, 0.717) is 21.3 Å². The monoisotopic (exact) mass is 537 g/mol. The van der Waals surface area contributed by atoms with Gasteiger partial charge in [-0.1, -0.05) is 71.7 Å². The fraction of sp³-hybridized carbons (Fsp3) is 0.0769. The number of aromatic hydroxyl groups is 1. The van der Waals surface area contributed by atoms with Crippen LogP contribution in [0, 0.1) is 0 Å². The summed E-state index contributed by atoms with van der Waals surface area (Å²) in [7, 11) is 0. The number of amides is 3. The molecule has 0 spiro atoms. The van der Waals surface area contributed by atoms with Crippen molar-refractivity contribution in [1.29, 1.82) is 0 Å². The van der Waals surface area contributed by atoms with Crippen LogP contribution in [-0.2, 0) is 13.1 Å². The molecule has 0 aliphatic heterocycles. The normalized spacial score (nSPS) is 10.5. The molecule has 188 valence electrons. The lowest BCUT2D eigenvalue weighted by molar-refractivity contribution is 0.0942. The molecule has 0 radical (unpaired) electrons. The number of benzene rings is 3. The van der Waals surface area contributed by atoms with Crippen LogP contribution in [0.5, 0.6) is 5.75 Å². The summed E-state index contributed by atoms with van der Waals surface area (Å²) >= 11 is 11.9. The number of aromatic amines is 1. The average molecular weight is 538 g/mol. The number of halogens is 2. The first kappa shape index (κ1) is 25.7. The summed E-state index contributed by atoms with van der Waals surface area (Å²) in [5, 5.41) is 19.0. The number of H-pyrrole nitrogens is 1. The van der Waals surface area contributed by atoms with Gasteiger partial charge in [0.1, 0.15) is 5.82 Å². The molecule has 0 bridgehead atoms. The van der Waals surface area contributed by atoms with Gasteiger partial charge >= 0.3 is 6.03 Å². The minimum absolute atomic E-state index is 0.0486. The van der Waals surface area contributed by atoms with E-state index in [1.54, 1.807) is 42.5 Å². The maximum absolute atomic E-state index is 12.6. The molecule has 0 fully saturated rings. The van der Waals surface area contributed by atoms with Gasteiger partial charge in [0.2, 0.25) is 5.75 Å². The Hall–Kier alpha value is -4.34. The van der Waals surface area contributed by atoms with Crippen molar-refractivity contribution < 1.29 is 14.7 Å². The van der Waals surface area contributed by atoms with Gasteiger partial charge in [-0.3, -0.25) is 9.59 Å². The number of hydrogen-bond donors (Lipinski definition) is 5. The topological polar surface area (TPSA) is 136 Å². The van der Waals surface area contributed by atoms with Gasteiger partial charge in [-0.05, 0) is 35.4 Å². The molecule has 0 aliphatic rings. The Morgan fingerprint density at radius 1 is 0.865 bits per heavy atom. The van der Waals surface area contributed by atoms with Crippen molar-refractivity contribution in [3.63, 3.8) is 0 Å². The highest BCUT2D eigenvalue weighted by molar-refractivity contribution is 6.42. The molecular weight excluding hydrogens is 517 g/mol. The molecule has 0 saturated heterocycles. The van der Waals surface area contributed by atoms with Crippen LogP contribution in [0.3, 0.4) is 0 Å². The van der Waals surface area contributed by atoms with Crippen LogP contribution in [0.25, 0.3) is 11.4 Å². The second-order valence-electron chi connectivity index (χ2n) is 7.92. The molecule has 37 heavy (non-hydrogen) atoms. The molecule has 1 heterocycles. The summed E-state index contributed by atoms with van der Waals surface area (Å²) in [6, 6.07) is 20.2. The molecule has 9 nitrogen and oxygen atoms in total. The number of carbonyl (C=O) groups excluding carboxylic acids is 2. The zero-order valence-electron chi connectivity index (χ0n) is 19.2. The Labute approximate surface area is 221 Å². The number of hydrogen-bond acceptors (Lipinski definition) is 5. The quantitative estimate of drug-likeness (QED) is 0.232. The first-order valence-corrected chi connectivity index (χ1v) is 11.8. The molecule has 4 rings (SSSR count). The van der Waals surface area contributed by atoms with E-state index in [1.807, 2.05) is 30.3 Å². The second kappa shape index (κ2) is 11.6. The Morgan fingerprint density at radius 3 is 2.38 bits per heavy atom. The molecule has 3 aromatic carbocycles. The predicted octanol–water partition coefficient (Wildman–Crippen LogP) is 4.70. The number of anilines is 1. The first-order valence-electron chi connectivity index (χ1n) is 11.0. The van der Waals surface area contributed by atoms with Gasteiger partial charge in [-0.15, -0.1) is 0 Å². The van der Waals surface area contributed by atoms with E-state index < -0.39 is 28.9 Å². The van der Waals surface area contributed by atoms with Crippen molar-refractivity contribution in [3.05, 3.63) is 110 Å². The van der Waals surface area contributed by atoms with Gasteiger partial charge in [0.15, 0.2) is 5.69 Å². The van der Waals surface area contributed by atoms with Gasteiger partial charge in [0.25, 0.3) is 11.5 Å². The Morgan fingerprint density at radius 2 is 1.62 bits per heavy atom. The number of nitrogens with zero attached hydrogens (tertiary/aromatic N) is 1. The second-order valence-corrected chi connectivity index (χ2v) is 8.73. The minimum atomic E-state index is -0.868. The van der Waals surface area contributed by atoms with E-state index in [0.717, 1.165) is 11.1 Å². The zero-order chi connectivity index (χ0) is 26.4. The van der Waals surface area contributed by atoms with Gasteiger partial charge in [0.05, 0.1) is 10.0 Å². The lowest BCUT2D eigenvalue weighted by atomic mass is 10.1. The van der Waals surface area contributed by atoms with E-state index in [4.69, 9.17) is 23.2 Å². The van der Waals surface area contributed by atoms with Crippen molar-refractivity contribution in [2.75, 3.05) is 5.32 Å². The van der Waals surface area contributed by atoms with Crippen LogP contribution in [0.15, 0.2) is 77.6 Å². The van der Waals surface area contributed by atoms with Crippen LogP contribution < -0.4 is 21.5 Å². The Balaban J connectivity index is 1.46. The van der Waals surface area contributed by atoms with Crippen LogP contribution in [0.1, 0.15) is 21.6 Å². The van der Waals surface area contributed by atoms with Gasteiger partial charge in [0, 0.05) is 24.3 Å². The van der Waals surface area contributed by atoms with Gasteiger partial charge in [-0.2, -0.15) is 0 Å². The molecule has 0 aliphatic carbocycles. The molecule has 11 heteroatoms. The molecule has 0 atom stereocenters. The van der Waals surface area contributed by atoms with E-state index >= 15 is 0 Å².